The van der Waals surface area contributed by atoms with Crippen molar-refractivity contribution < 1.29 is 102 Å². The van der Waals surface area contributed by atoms with E-state index in [-0.39, 0.29) is 57.5 Å². The lowest BCUT2D eigenvalue weighted by molar-refractivity contribution is -0.142. The third-order valence-corrected chi connectivity index (χ3v) is 16.2. The third-order valence-electron chi connectivity index (χ3n) is 16.2. The number of guanidine groups is 1. The van der Waals surface area contributed by atoms with E-state index in [1.807, 2.05) is 0 Å². The van der Waals surface area contributed by atoms with Crippen LogP contribution in [0.2, 0.25) is 0 Å². The number of aromatic amines is 2. The van der Waals surface area contributed by atoms with Gasteiger partial charge in [0.2, 0.25) is 76.8 Å². The summed E-state index contributed by atoms with van der Waals surface area (Å²) in [5, 5.41) is 60.2. The average Bonchev–Trinajstić information content (AvgIpc) is 0.889. The van der Waals surface area contributed by atoms with Crippen molar-refractivity contribution in [1.82, 2.24) is 99.5 Å². The van der Waals surface area contributed by atoms with Gasteiger partial charge in [0.15, 0.2) is 5.96 Å². The Morgan fingerprint density at radius 3 is 1.33 bits per heavy atom. The molecule has 0 aromatic carbocycles. The van der Waals surface area contributed by atoms with E-state index in [4.69, 9.17) is 22.9 Å². The fourth-order valence-electron chi connectivity index (χ4n) is 9.56. The normalized spacial score (nSPS) is 14.8. The quantitative estimate of drug-likeness (QED) is 0.0127. The van der Waals surface area contributed by atoms with Crippen LogP contribution in [0.3, 0.4) is 0 Å². The zero-order valence-corrected chi connectivity index (χ0v) is 61.5. The summed E-state index contributed by atoms with van der Waals surface area (Å²) in [5.41, 5.74) is 24.4. The molecule has 0 bridgehead atoms. The van der Waals surface area contributed by atoms with E-state index in [0.29, 0.717) is 16.4 Å². The van der Waals surface area contributed by atoms with Crippen LogP contribution in [-0.2, 0) is 94.3 Å². The first-order valence-corrected chi connectivity index (χ1v) is 34.2. The number of aliphatic carboxylic acids is 3. The highest BCUT2D eigenvalue weighted by molar-refractivity contribution is 6.00. The van der Waals surface area contributed by atoms with Crippen molar-refractivity contribution in [3.05, 3.63) is 36.4 Å². The summed E-state index contributed by atoms with van der Waals surface area (Å²) in [4.78, 5) is 253. The van der Waals surface area contributed by atoms with Crippen LogP contribution in [0.15, 0.2) is 30.0 Å². The van der Waals surface area contributed by atoms with Crippen molar-refractivity contribution in [2.75, 3.05) is 20.1 Å². The number of carboxylic acids is 3. The Labute approximate surface area is 619 Å². The van der Waals surface area contributed by atoms with Gasteiger partial charge in [-0.2, -0.15) is 0 Å². The first-order chi connectivity index (χ1) is 50.5. The highest BCUT2D eigenvalue weighted by Gasteiger charge is 2.37. The minimum absolute atomic E-state index is 0.0710. The van der Waals surface area contributed by atoms with Crippen LogP contribution < -0.4 is 97.5 Å². The maximum Gasteiger partial charge on any atom is 0.336 e. The summed E-state index contributed by atoms with van der Waals surface area (Å²) in [6.07, 6.45) is 2.17. The molecule has 2 aromatic rings. The number of rotatable bonds is 47. The van der Waals surface area contributed by atoms with Crippen LogP contribution >= 0.6 is 0 Å². The molecule has 14 atom stereocenters. The number of urea groups is 1. The SMILES string of the molecule is CC[C@H](C)[C@H](NC(=O)[C@H](CCC(=O)O)NC(=O)[C@H](C)NC(=O)[C@H](Cc1cnc[nH]1)NC(=O)[C@H](C)NC(=O)[C@H](C)NC(=O)[C@H](Cc1cnc[nH]1)NC(=O)[C@@H](NC(=O)[C@H](C)NC(=O)[C@@H](N)CCC(N)=O)C(C)C)C(=O)NN(C)C(=O)N[C@@H](CCC(=O)O)C(=O)N[C@@H](C)C(=O)NCC(=O)N[C@@H](CCCN=C(N)N)C(=O)O. The molecule has 0 fully saturated rings. The number of carbonyl (C=O) groups excluding carboxylic acids is 15. The average molecular weight is 1530 g/mol. The molecule has 2 rings (SSSR count). The Kier molecular flexibility index (Phi) is 39.2. The van der Waals surface area contributed by atoms with Gasteiger partial charge < -0.3 is 117 Å². The van der Waals surface area contributed by atoms with Gasteiger partial charge in [-0.05, 0) is 78.6 Å². The number of nitrogens with zero attached hydrogens (tertiary/aromatic N) is 4. The molecule has 0 saturated heterocycles. The number of amides is 16. The molecule has 600 valence electrons. The largest absolute Gasteiger partial charge is 0.481 e. The van der Waals surface area contributed by atoms with Crippen molar-refractivity contribution in [3.8, 4) is 0 Å². The number of primary amides is 1. The topological polar surface area (TPSA) is 713 Å². The summed E-state index contributed by atoms with van der Waals surface area (Å²) in [6, 6.07) is -20.1. The third kappa shape index (κ3) is 33.8. The zero-order chi connectivity index (χ0) is 81.8. The maximum absolute atomic E-state index is 14.1. The van der Waals surface area contributed by atoms with E-state index in [0.717, 1.165) is 7.05 Å². The van der Waals surface area contributed by atoms with E-state index in [2.05, 4.69) is 99.5 Å². The molecule has 108 heavy (non-hydrogen) atoms. The molecule has 0 spiro atoms. The number of carbonyl (C=O) groups is 18. The van der Waals surface area contributed by atoms with E-state index in [1.54, 1.807) is 20.8 Å². The highest BCUT2D eigenvalue weighted by Crippen LogP contribution is 2.13. The molecular weight excluding hydrogens is 1430 g/mol. The van der Waals surface area contributed by atoms with Crippen LogP contribution in [0.1, 0.15) is 131 Å². The number of aromatic nitrogens is 4. The molecule has 2 heterocycles. The first-order valence-electron chi connectivity index (χ1n) is 34.2. The van der Waals surface area contributed by atoms with Crippen LogP contribution in [0.5, 0.6) is 0 Å². The number of hydrogen-bond acceptors (Lipinski definition) is 22. The minimum atomic E-state index is -1.73. The fraction of sp³-hybridized carbons (Fsp3) is 0.603. The standard InChI is InChI=1S/C63H102N24O21/c1-11-29(4)48(60(105)86-87(10)63(108)83-39(16-19-46(92)93)55(100)76-30(5)49(94)71-25-44(89)79-40(61(106)107)13-12-20-70-62(66)67)85-56(101)38(15-18-45(90)91)80-51(96)33(8)78-57(102)41(21-35-23-68-26-72-35)81-52(97)32(7)74-50(95)31(6)77-58(103)42(22-36-24-69-27-73-36)82-59(104)47(28(2)3)84-53(98)34(9)75-54(99)37(64)14-17-43(65)88/h23-24,26-34,37-42,47-48H,11-22,25,64H2,1-10H3,(H2,65,88)(H,68,72)(H,69,73)(H,71,94)(H,74,95)(H,75,99)(H,76,100)(H,77,103)(H,78,102)(H,79,89)(H,80,96)(H,81,97)(H,82,104)(H,83,108)(H,84,98)(H,85,101)(H,86,105)(H,90,91)(H,92,93)(H,106,107)(H4,66,67,70)/t29-,30-,31-,32-,33-,34-,37-,38-,39-,40-,41-,42-,47-,48-/m0/s1. The molecule has 0 aliphatic carbocycles. The van der Waals surface area contributed by atoms with Crippen LogP contribution in [0, 0.1) is 11.8 Å². The summed E-state index contributed by atoms with van der Waals surface area (Å²) >= 11 is 0. The van der Waals surface area contributed by atoms with E-state index in [1.165, 1.54) is 66.6 Å². The number of carboxylic acid groups (broad SMARTS) is 3. The van der Waals surface area contributed by atoms with Gasteiger partial charge in [0.1, 0.15) is 72.5 Å². The lowest BCUT2D eigenvalue weighted by Crippen LogP contribution is -2.61. The van der Waals surface area contributed by atoms with Crippen molar-refractivity contribution in [3.63, 3.8) is 0 Å². The number of hydrogen-bond donors (Lipinski definition) is 23. The summed E-state index contributed by atoms with van der Waals surface area (Å²) in [5.74, 6) is -18.9. The van der Waals surface area contributed by atoms with Gasteiger partial charge in [-0.3, -0.25) is 87.1 Å². The lowest BCUT2D eigenvalue weighted by Gasteiger charge is -2.29. The van der Waals surface area contributed by atoms with Crippen LogP contribution in [0.25, 0.3) is 0 Å². The second kappa shape index (κ2) is 46.0. The molecular formula is C63H102N24O21. The van der Waals surface area contributed by atoms with Gasteiger partial charge in [0.05, 0.1) is 25.2 Å². The summed E-state index contributed by atoms with van der Waals surface area (Å²) < 4.78 is 0. The Morgan fingerprint density at radius 2 is 0.889 bits per heavy atom. The fourth-order valence-corrected chi connectivity index (χ4v) is 9.56. The Bertz CT molecular complexity index is 3500. The van der Waals surface area contributed by atoms with Gasteiger partial charge in [-0.1, -0.05) is 34.1 Å². The van der Waals surface area contributed by atoms with Gasteiger partial charge in [0, 0.05) is 69.5 Å². The number of nitrogens with one attached hydrogen (secondary N) is 16. The molecule has 2 aromatic heterocycles. The molecule has 16 amide bonds. The molecule has 0 saturated carbocycles. The molecule has 0 aliphatic rings. The summed E-state index contributed by atoms with van der Waals surface area (Å²) in [7, 11) is 1.01. The second-order valence-corrected chi connectivity index (χ2v) is 25.6. The lowest BCUT2D eigenvalue weighted by atomic mass is 9.97. The highest BCUT2D eigenvalue weighted by atomic mass is 16.4. The van der Waals surface area contributed by atoms with Crippen molar-refractivity contribution in [1.29, 1.82) is 0 Å². The van der Waals surface area contributed by atoms with Gasteiger partial charge in [0.25, 0.3) is 5.91 Å². The van der Waals surface area contributed by atoms with Gasteiger partial charge >= 0.3 is 23.9 Å². The van der Waals surface area contributed by atoms with Gasteiger partial charge in [-0.25, -0.2) is 24.6 Å². The van der Waals surface area contributed by atoms with Crippen molar-refractivity contribution in [2.24, 2.45) is 39.8 Å². The van der Waals surface area contributed by atoms with Gasteiger partial charge in [-0.15, -0.1) is 0 Å². The predicted octanol–water partition coefficient (Wildman–Crippen LogP) is -8.33. The molecule has 0 aliphatic heterocycles. The van der Waals surface area contributed by atoms with Crippen LogP contribution in [0.4, 0.5) is 4.79 Å². The van der Waals surface area contributed by atoms with Crippen LogP contribution in [-0.4, -0.2) is 252 Å². The molecule has 0 radical (unpaired) electrons. The zero-order valence-electron chi connectivity index (χ0n) is 61.5. The Balaban J connectivity index is 2.22. The summed E-state index contributed by atoms with van der Waals surface area (Å²) in [6.45, 7) is 11.8. The Morgan fingerprint density at radius 1 is 0.472 bits per heavy atom. The van der Waals surface area contributed by atoms with Crippen molar-refractivity contribution >= 4 is 113 Å². The molecule has 45 heteroatoms. The predicted molar refractivity (Wildman–Crippen MR) is 377 cm³/mol. The number of hydrazine groups is 1. The molecule has 0 unspecified atom stereocenters. The number of nitrogens with two attached hydrogens (primary N) is 4. The number of H-pyrrole nitrogens is 2. The Hall–Kier alpha value is -12.1. The van der Waals surface area contributed by atoms with E-state index in [9.17, 15) is 102 Å². The minimum Gasteiger partial charge on any atom is -0.481 e. The first kappa shape index (κ1) is 92.0. The maximum atomic E-state index is 14.1. The monoisotopic (exact) mass is 1530 g/mol. The van der Waals surface area contributed by atoms with Crippen molar-refractivity contribution in [2.45, 2.75) is 211 Å². The second-order valence-electron chi connectivity index (χ2n) is 25.6. The number of aliphatic imine (C=N–C) groups is 1. The van der Waals surface area contributed by atoms with E-state index < -0.39 is 229 Å². The smallest absolute Gasteiger partial charge is 0.336 e. The molecule has 45 nitrogen and oxygen atoms in total. The molecule has 27 N–H and O–H groups in total. The number of imidazole rings is 2. The van der Waals surface area contributed by atoms with E-state index >= 15 is 0 Å².